The molecule has 0 bridgehead atoms. The Labute approximate surface area is 210 Å². The number of methoxy groups -OCH3 is 1. The molecule has 0 spiro atoms. The average molecular weight is 539 g/mol. The quantitative estimate of drug-likeness (QED) is 0.277. The van der Waals surface area contributed by atoms with Gasteiger partial charge in [-0.25, -0.2) is 0 Å². The second kappa shape index (κ2) is 11.2. The lowest BCUT2D eigenvalue weighted by Crippen LogP contribution is -2.14. The number of ether oxygens (including phenoxy) is 2. The van der Waals surface area contributed by atoms with Crippen molar-refractivity contribution in [2.45, 2.75) is 18.7 Å². The molecule has 1 aromatic heterocycles. The first-order chi connectivity index (χ1) is 16.5. The van der Waals surface area contributed by atoms with Gasteiger partial charge >= 0.3 is 0 Å². The highest BCUT2D eigenvalue weighted by molar-refractivity contribution is 9.10. The smallest absolute Gasteiger partial charge is 0.234 e. The minimum Gasteiger partial charge on any atom is -0.497 e. The Morgan fingerprint density at radius 2 is 1.76 bits per heavy atom. The van der Waals surface area contributed by atoms with E-state index in [1.165, 1.54) is 11.8 Å². The van der Waals surface area contributed by atoms with Gasteiger partial charge in [0, 0.05) is 15.8 Å². The molecule has 1 heterocycles. The van der Waals surface area contributed by atoms with Gasteiger partial charge in [-0.2, -0.15) is 0 Å². The zero-order valence-electron chi connectivity index (χ0n) is 18.7. The number of carbonyl (C=O) groups excluding carboxylic acids is 1. The van der Waals surface area contributed by atoms with Crippen molar-refractivity contribution < 1.29 is 14.3 Å². The maximum atomic E-state index is 12.5. The van der Waals surface area contributed by atoms with Crippen LogP contribution in [-0.4, -0.2) is 33.5 Å². The summed E-state index contributed by atoms with van der Waals surface area (Å²) in [5.41, 5.74) is 2.74. The zero-order valence-corrected chi connectivity index (χ0v) is 21.1. The number of aromatic nitrogens is 3. The van der Waals surface area contributed by atoms with Crippen molar-refractivity contribution in [2.75, 3.05) is 18.2 Å². The van der Waals surface area contributed by atoms with E-state index in [9.17, 15) is 4.79 Å². The summed E-state index contributed by atoms with van der Waals surface area (Å²) in [6.45, 7) is 2.26. The molecule has 0 unspecified atom stereocenters. The number of halogens is 1. The lowest BCUT2D eigenvalue weighted by Gasteiger charge is -2.12. The number of thioether (sulfide) groups is 1. The Hall–Kier alpha value is -3.30. The van der Waals surface area contributed by atoms with Crippen LogP contribution in [0, 0.1) is 6.92 Å². The van der Waals surface area contributed by atoms with E-state index >= 15 is 0 Å². The Morgan fingerprint density at radius 1 is 1.03 bits per heavy atom. The van der Waals surface area contributed by atoms with E-state index in [0.29, 0.717) is 11.0 Å². The van der Waals surface area contributed by atoms with Crippen molar-refractivity contribution in [3.05, 3.63) is 88.7 Å². The Kier molecular flexibility index (Phi) is 7.87. The summed E-state index contributed by atoms with van der Waals surface area (Å²) < 4.78 is 14.0. The van der Waals surface area contributed by atoms with Crippen molar-refractivity contribution in [1.29, 1.82) is 0 Å². The number of nitrogens with one attached hydrogen (secondary N) is 1. The maximum absolute atomic E-state index is 12.5. The molecule has 0 aliphatic carbocycles. The molecule has 0 aliphatic rings. The third-order valence-corrected chi connectivity index (χ3v) is 6.28. The summed E-state index contributed by atoms with van der Waals surface area (Å²) in [6.07, 6.45) is 0. The molecule has 34 heavy (non-hydrogen) atoms. The minimum atomic E-state index is -0.134. The number of anilines is 1. The molecule has 4 rings (SSSR count). The van der Waals surface area contributed by atoms with Crippen molar-refractivity contribution in [1.82, 2.24) is 14.8 Å². The van der Waals surface area contributed by atoms with Crippen LogP contribution in [-0.2, 0) is 11.4 Å². The predicted molar refractivity (Wildman–Crippen MR) is 137 cm³/mol. The second-order valence-electron chi connectivity index (χ2n) is 7.38. The lowest BCUT2D eigenvalue weighted by molar-refractivity contribution is -0.113. The van der Waals surface area contributed by atoms with Gasteiger partial charge in [-0.15, -0.1) is 10.2 Å². The maximum Gasteiger partial charge on any atom is 0.234 e. The van der Waals surface area contributed by atoms with Crippen molar-refractivity contribution in [2.24, 2.45) is 0 Å². The van der Waals surface area contributed by atoms with Crippen LogP contribution in [0.2, 0.25) is 0 Å². The van der Waals surface area contributed by atoms with Crippen LogP contribution < -0.4 is 14.8 Å². The van der Waals surface area contributed by atoms with Crippen molar-refractivity contribution in [3.63, 3.8) is 0 Å². The largest absolute Gasteiger partial charge is 0.497 e. The van der Waals surface area contributed by atoms with E-state index in [1.54, 1.807) is 7.11 Å². The molecule has 0 saturated carbocycles. The van der Waals surface area contributed by atoms with Gasteiger partial charge in [0.15, 0.2) is 11.0 Å². The number of nitrogens with zero attached hydrogens (tertiary/aromatic N) is 3. The van der Waals surface area contributed by atoms with E-state index in [1.807, 2.05) is 84.3 Å². The fourth-order valence-corrected chi connectivity index (χ4v) is 4.32. The van der Waals surface area contributed by atoms with Gasteiger partial charge in [0.2, 0.25) is 5.91 Å². The van der Waals surface area contributed by atoms with Gasteiger partial charge in [-0.3, -0.25) is 9.36 Å². The van der Waals surface area contributed by atoms with Crippen LogP contribution in [0.4, 0.5) is 5.69 Å². The van der Waals surface area contributed by atoms with Crippen LogP contribution in [0.3, 0.4) is 0 Å². The molecule has 4 aromatic rings. The van der Waals surface area contributed by atoms with Gasteiger partial charge < -0.3 is 14.8 Å². The Bertz CT molecular complexity index is 1260. The van der Waals surface area contributed by atoms with Crippen LogP contribution in [0.1, 0.15) is 11.4 Å². The second-order valence-corrected chi connectivity index (χ2v) is 9.24. The van der Waals surface area contributed by atoms with Crippen LogP contribution >= 0.6 is 27.7 Å². The summed E-state index contributed by atoms with van der Waals surface area (Å²) in [4.78, 5) is 12.5. The summed E-state index contributed by atoms with van der Waals surface area (Å²) in [7, 11) is 1.62. The molecule has 0 atom stereocenters. The number of amides is 1. The topological polar surface area (TPSA) is 78.3 Å². The Balaban J connectivity index is 1.52. The number of hydrogen-bond acceptors (Lipinski definition) is 6. The van der Waals surface area contributed by atoms with Gasteiger partial charge in [0.25, 0.3) is 0 Å². The number of carbonyl (C=O) groups is 1. The third-order valence-electron chi connectivity index (χ3n) is 4.86. The normalized spacial score (nSPS) is 10.7. The standard InChI is InChI=1S/C25H23BrN4O3S/c1-17-6-10-22(11-7-17)33-15-23-28-29-25(30(23)20-8-12-21(32-2)13-9-20)34-16-24(31)27-19-5-3-4-18(26)14-19/h3-14H,15-16H2,1-2H3,(H,27,31). The third kappa shape index (κ3) is 6.18. The highest BCUT2D eigenvalue weighted by atomic mass is 79.9. The van der Waals surface area contributed by atoms with Crippen LogP contribution in [0.5, 0.6) is 11.5 Å². The van der Waals surface area contributed by atoms with E-state index < -0.39 is 0 Å². The summed E-state index contributed by atoms with van der Waals surface area (Å²) in [6, 6.07) is 22.9. The molecule has 0 aliphatic heterocycles. The highest BCUT2D eigenvalue weighted by Crippen LogP contribution is 2.25. The summed E-state index contributed by atoms with van der Waals surface area (Å²) in [5, 5.41) is 12.2. The molecule has 3 aromatic carbocycles. The van der Waals surface area contributed by atoms with E-state index in [4.69, 9.17) is 9.47 Å². The number of aryl methyl sites for hydroxylation is 1. The lowest BCUT2D eigenvalue weighted by atomic mass is 10.2. The number of benzene rings is 3. The van der Waals surface area contributed by atoms with Gasteiger partial charge in [0.1, 0.15) is 18.1 Å². The van der Waals surface area contributed by atoms with Crippen LogP contribution in [0.25, 0.3) is 5.69 Å². The van der Waals surface area contributed by atoms with Gasteiger partial charge in [-0.1, -0.05) is 51.5 Å². The fourth-order valence-electron chi connectivity index (χ4n) is 3.15. The fraction of sp³-hybridized carbons (Fsp3) is 0.160. The van der Waals surface area contributed by atoms with E-state index in [-0.39, 0.29) is 18.3 Å². The first kappa shape index (κ1) is 23.8. The number of hydrogen-bond donors (Lipinski definition) is 1. The molecule has 0 saturated heterocycles. The molecule has 1 amide bonds. The zero-order chi connectivity index (χ0) is 23.9. The first-order valence-corrected chi connectivity index (χ1v) is 12.3. The SMILES string of the molecule is COc1ccc(-n2c(COc3ccc(C)cc3)nnc2SCC(=O)Nc2cccc(Br)c2)cc1. The van der Waals surface area contributed by atoms with Crippen molar-refractivity contribution in [3.8, 4) is 17.2 Å². The molecule has 1 N–H and O–H groups in total. The summed E-state index contributed by atoms with van der Waals surface area (Å²) >= 11 is 4.72. The molecule has 174 valence electrons. The molecule has 7 nitrogen and oxygen atoms in total. The van der Waals surface area contributed by atoms with Crippen LogP contribution in [0.15, 0.2) is 82.4 Å². The van der Waals surface area contributed by atoms with E-state index in [2.05, 4.69) is 31.4 Å². The highest BCUT2D eigenvalue weighted by Gasteiger charge is 2.17. The molecule has 0 fully saturated rings. The molecule has 9 heteroatoms. The van der Waals surface area contributed by atoms with Crippen molar-refractivity contribution >= 4 is 39.3 Å². The van der Waals surface area contributed by atoms with Gasteiger partial charge in [-0.05, 0) is 61.5 Å². The van der Waals surface area contributed by atoms with E-state index in [0.717, 1.165) is 32.9 Å². The first-order valence-electron chi connectivity index (χ1n) is 10.5. The molecular formula is C25H23BrN4O3S. The monoisotopic (exact) mass is 538 g/mol. The number of rotatable bonds is 9. The minimum absolute atomic E-state index is 0.134. The average Bonchev–Trinajstić information content (AvgIpc) is 3.25. The molecular weight excluding hydrogens is 516 g/mol. The predicted octanol–water partition coefficient (Wildman–Crippen LogP) is 5.66. The molecule has 0 radical (unpaired) electrons. The Morgan fingerprint density at radius 3 is 2.47 bits per heavy atom. The van der Waals surface area contributed by atoms with Gasteiger partial charge in [0.05, 0.1) is 12.9 Å². The summed E-state index contributed by atoms with van der Waals surface area (Å²) in [5.74, 6) is 2.17.